The Morgan fingerprint density at radius 1 is 0.972 bits per heavy atom. The first-order chi connectivity index (χ1) is 17.6. The van der Waals surface area contributed by atoms with Crippen LogP contribution in [0.1, 0.15) is 40.4 Å². The fraction of sp³-hybridized carbons (Fsp3) is 0.194. The number of hydrogen-bond donors (Lipinski definition) is 1. The van der Waals surface area contributed by atoms with E-state index in [9.17, 15) is 4.79 Å². The van der Waals surface area contributed by atoms with Crippen LogP contribution < -0.4 is 10.1 Å². The van der Waals surface area contributed by atoms with Crippen molar-refractivity contribution in [3.63, 3.8) is 0 Å². The predicted octanol–water partition coefficient (Wildman–Crippen LogP) is 6.44. The Kier molecular flexibility index (Phi) is 6.89. The molecule has 0 aliphatic rings. The summed E-state index contributed by atoms with van der Waals surface area (Å²) in [6.07, 6.45) is 4.15. The lowest BCUT2D eigenvalue weighted by molar-refractivity contribution is -0.121. The van der Waals surface area contributed by atoms with E-state index in [4.69, 9.17) is 9.15 Å². The van der Waals surface area contributed by atoms with E-state index in [2.05, 4.69) is 83.7 Å². The minimum absolute atomic E-state index is 0.0254. The van der Waals surface area contributed by atoms with Gasteiger partial charge in [0, 0.05) is 36.0 Å². The van der Waals surface area contributed by atoms with Gasteiger partial charge in [-0.05, 0) is 53.9 Å². The molecule has 5 rings (SSSR count). The number of methoxy groups -OCH3 is 1. The molecule has 36 heavy (non-hydrogen) atoms. The van der Waals surface area contributed by atoms with Crippen LogP contribution in [0.4, 0.5) is 0 Å². The molecular formula is C31H30N2O3. The molecule has 1 N–H and O–H groups in total. The number of aromatic nitrogens is 1. The minimum Gasteiger partial charge on any atom is -0.497 e. The maximum absolute atomic E-state index is 13.1. The van der Waals surface area contributed by atoms with E-state index < -0.39 is 0 Å². The highest BCUT2D eigenvalue weighted by atomic mass is 16.5. The van der Waals surface area contributed by atoms with Gasteiger partial charge in [-0.25, -0.2) is 0 Å². The van der Waals surface area contributed by atoms with Gasteiger partial charge >= 0.3 is 0 Å². The van der Waals surface area contributed by atoms with Crippen molar-refractivity contribution in [1.29, 1.82) is 0 Å². The Bertz CT molecular complexity index is 1430. The van der Waals surface area contributed by atoms with Gasteiger partial charge in [-0.3, -0.25) is 4.79 Å². The van der Waals surface area contributed by atoms with Crippen molar-refractivity contribution in [2.45, 2.75) is 32.4 Å². The second-order valence-electron chi connectivity index (χ2n) is 9.10. The zero-order valence-corrected chi connectivity index (χ0v) is 20.6. The van der Waals surface area contributed by atoms with Crippen LogP contribution >= 0.6 is 0 Å². The number of rotatable bonds is 9. The van der Waals surface area contributed by atoms with Crippen LogP contribution in [-0.2, 0) is 17.9 Å². The average Bonchev–Trinajstić information content (AvgIpc) is 3.56. The Morgan fingerprint density at radius 3 is 2.47 bits per heavy atom. The van der Waals surface area contributed by atoms with Gasteiger partial charge in [0.1, 0.15) is 11.5 Å². The molecule has 5 aromatic rings. The molecule has 0 aliphatic heterocycles. The molecule has 2 heterocycles. The van der Waals surface area contributed by atoms with Gasteiger partial charge in [-0.15, -0.1) is 0 Å². The SMILES string of the molecule is COc1ccc([C@H](CC(=O)NCc2ccco2)c2cn(Cc3ccc(C)cc3)c3ccccc23)cc1. The first-order valence-corrected chi connectivity index (χ1v) is 12.2. The summed E-state index contributed by atoms with van der Waals surface area (Å²) in [4.78, 5) is 13.1. The van der Waals surface area contributed by atoms with E-state index in [-0.39, 0.29) is 11.8 Å². The molecule has 1 atom stereocenters. The quantitative estimate of drug-likeness (QED) is 0.265. The lowest BCUT2D eigenvalue weighted by Crippen LogP contribution is -2.24. The summed E-state index contributed by atoms with van der Waals surface area (Å²) in [7, 11) is 1.66. The minimum atomic E-state index is -0.114. The second-order valence-corrected chi connectivity index (χ2v) is 9.10. The smallest absolute Gasteiger partial charge is 0.221 e. The Morgan fingerprint density at radius 2 is 1.75 bits per heavy atom. The van der Waals surface area contributed by atoms with E-state index in [0.717, 1.165) is 40.1 Å². The molecule has 5 nitrogen and oxygen atoms in total. The number of hydrogen-bond acceptors (Lipinski definition) is 3. The number of nitrogens with zero attached hydrogens (tertiary/aromatic N) is 1. The fourth-order valence-corrected chi connectivity index (χ4v) is 4.67. The van der Waals surface area contributed by atoms with E-state index in [1.807, 2.05) is 24.3 Å². The Labute approximate surface area is 211 Å². The largest absolute Gasteiger partial charge is 0.497 e. The number of amides is 1. The predicted molar refractivity (Wildman–Crippen MR) is 142 cm³/mol. The van der Waals surface area contributed by atoms with Crippen LogP contribution in [0, 0.1) is 6.92 Å². The zero-order valence-electron chi connectivity index (χ0n) is 20.6. The van der Waals surface area contributed by atoms with Crippen molar-refractivity contribution in [3.05, 3.63) is 125 Å². The zero-order chi connectivity index (χ0) is 24.9. The molecule has 2 aromatic heterocycles. The molecule has 1 amide bonds. The molecule has 0 saturated carbocycles. The van der Waals surface area contributed by atoms with E-state index in [0.29, 0.717) is 13.0 Å². The maximum Gasteiger partial charge on any atom is 0.221 e. The summed E-state index contributed by atoms with van der Waals surface area (Å²) in [6, 6.07) is 28.7. The van der Waals surface area contributed by atoms with Crippen molar-refractivity contribution in [1.82, 2.24) is 9.88 Å². The number of benzene rings is 3. The molecule has 0 fully saturated rings. The number of fused-ring (bicyclic) bond motifs is 1. The number of furan rings is 1. The Hall–Kier alpha value is -4.25. The molecule has 3 aromatic carbocycles. The topological polar surface area (TPSA) is 56.4 Å². The summed E-state index contributed by atoms with van der Waals surface area (Å²) in [6.45, 7) is 3.24. The monoisotopic (exact) mass is 478 g/mol. The van der Waals surface area contributed by atoms with Crippen molar-refractivity contribution >= 4 is 16.8 Å². The maximum atomic E-state index is 13.1. The van der Waals surface area contributed by atoms with Gasteiger partial charge < -0.3 is 19.0 Å². The fourth-order valence-electron chi connectivity index (χ4n) is 4.67. The third-order valence-corrected chi connectivity index (χ3v) is 6.62. The van der Waals surface area contributed by atoms with Gasteiger partial charge in [0.25, 0.3) is 0 Å². The highest BCUT2D eigenvalue weighted by Crippen LogP contribution is 2.36. The van der Waals surface area contributed by atoms with Crippen LogP contribution in [0.15, 0.2) is 102 Å². The van der Waals surface area contributed by atoms with Crippen molar-refractivity contribution < 1.29 is 13.9 Å². The number of aryl methyl sites for hydroxylation is 1. The molecular weight excluding hydrogens is 448 g/mol. The first-order valence-electron chi connectivity index (χ1n) is 12.2. The third kappa shape index (κ3) is 5.20. The van der Waals surface area contributed by atoms with Gasteiger partial charge in [0.15, 0.2) is 0 Å². The van der Waals surface area contributed by atoms with Crippen molar-refractivity contribution in [3.8, 4) is 5.75 Å². The summed E-state index contributed by atoms with van der Waals surface area (Å²) < 4.78 is 13.0. The lowest BCUT2D eigenvalue weighted by atomic mass is 9.88. The van der Waals surface area contributed by atoms with Gasteiger partial charge in [0.05, 0.1) is 19.9 Å². The number of carbonyl (C=O) groups is 1. The van der Waals surface area contributed by atoms with E-state index in [1.54, 1.807) is 13.4 Å². The number of para-hydroxylation sites is 1. The van der Waals surface area contributed by atoms with E-state index in [1.165, 1.54) is 11.1 Å². The number of ether oxygens (including phenoxy) is 1. The molecule has 0 radical (unpaired) electrons. The average molecular weight is 479 g/mol. The highest BCUT2D eigenvalue weighted by Gasteiger charge is 2.23. The molecule has 5 heteroatoms. The highest BCUT2D eigenvalue weighted by molar-refractivity contribution is 5.86. The number of carbonyl (C=O) groups excluding carboxylic acids is 1. The molecule has 0 aliphatic carbocycles. The molecule has 182 valence electrons. The number of nitrogens with one attached hydrogen (secondary N) is 1. The van der Waals surface area contributed by atoms with Gasteiger partial charge in [-0.1, -0.05) is 60.2 Å². The van der Waals surface area contributed by atoms with Crippen molar-refractivity contribution in [2.24, 2.45) is 0 Å². The second kappa shape index (κ2) is 10.6. The molecule has 0 saturated heterocycles. The summed E-state index contributed by atoms with van der Waals surface area (Å²) in [5.41, 5.74) is 5.85. The van der Waals surface area contributed by atoms with Crippen LogP contribution in [0.2, 0.25) is 0 Å². The summed E-state index contributed by atoms with van der Waals surface area (Å²) in [5, 5.41) is 4.17. The lowest BCUT2D eigenvalue weighted by Gasteiger charge is -2.17. The first kappa shape index (κ1) is 23.5. The summed E-state index contributed by atoms with van der Waals surface area (Å²) >= 11 is 0. The normalized spacial score (nSPS) is 11.9. The van der Waals surface area contributed by atoms with Crippen LogP contribution in [0.5, 0.6) is 5.75 Å². The third-order valence-electron chi connectivity index (χ3n) is 6.62. The van der Waals surface area contributed by atoms with Crippen LogP contribution in [0.3, 0.4) is 0 Å². The molecule has 0 unspecified atom stereocenters. The molecule has 0 bridgehead atoms. The Balaban J connectivity index is 1.50. The van der Waals surface area contributed by atoms with Gasteiger partial charge in [-0.2, -0.15) is 0 Å². The summed E-state index contributed by atoms with van der Waals surface area (Å²) in [5.74, 6) is 1.39. The standard InChI is InChI=1S/C31H30N2O3/c1-22-9-11-23(12-10-22)20-33-21-29(27-7-3-4-8-30(27)33)28(24-13-15-25(35-2)16-14-24)18-31(34)32-19-26-6-5-17-36-26/h3-17,21,28H,18-20H2,1-2H3,(H,32,34)/t28-/m0/s1. The van der Waals surface area contributed by atoms with Crippen LogP contribution in [-0.4, -0.2) is 17.6 Å². The van der Waals surface area contributed by atoms with Crippen LogP contribution in [0.25, 0.3) is 10.9 Å². The van der Waals surface area contributed by atoms with E-state index >= 15 is 0 Å². The molecule has 0 spiro atoms. The van der Waals surface area contributed by atoms with Crippen molar-refractivity contribution in [2.75, 3.05) is 7.11 Å². The van der Waals surface area contributed by atoms with Gasteiger partial charge in [0.2, 0.25) is 5.91 Å².